The van der Waals surface area contributed by atoms with Gasteiger partial charge < -0.3 is 10.0 Å². The Kier molecular flexibility index (Phi) is 5.41. The van der Waals surface area contributed by atoms with Crippen LogP contribution in [0.3, 0.4) is 0 Å². The standard InChI is InChI=1S/C25H30N2O3/c1-26(2)25(20-9-4-3-5-10-20)14-12-24(13-15-25)16-22(28)27(18-24)17-19-8-6-7-11-21(19)23(29)30/h3-11H,12-18H2,1-2H3,(H,29,30)/t24-,25-. The normalized spacial score (nSPS) is 26.5. The van der Waals surface area contributed by atoms with Gasteiger partial charge in [-0.15, -0.1) is 0 Å². The number of likely N-dealkylation sites (tertiary alicyclic amines) is 1. The highest BCUT2D eigenvalue weighted by Crippen LogP contribution is 2.52. The van der Waals surface area contributed by atoms with E-state index < -0.39 is 5.97 Å². The first-order valence-corrected chi connectivity index (χ1v) is 10.7. The van der Waals surface area contributed by atoms with E-state index in [0.29, 0.717) is 18.5 Å². The van der Waals surface area contributed by atoms with Crippen molar-refractivity contribution in [3.8, 4) is 0 Å². The van der Waals surface area contributed by atoms with E-state index in [4.69, 9.17) is 0 Å². The van der Waals surface area contributed by atoms with Crippen molar-refractivity contribution in [3.63, 3.8) is 0 Å². The SMILES string of the molecule is CN(C)[C@]1(c2ccccc2)CC[C@@]2(CC1)CC(=O)N(Cc1ccccc1C(=O)O)C2. The van der Waals surface area contributed by atoms with Crippen LogP contribution in [0.1, 0.15) is 53.6 Å². The van der Waals surface area contributed by atoms with Crippen molar-refractivity contribution in [1.29, 1.82) is 0 Å². The lowest BCUT2D eigenvalue weighted by Gasteiger charge is -2.48. The summed E-state index contributed by atoms with van der Waals surface area (Å²) in [4.78, 5) is 28.6. The fourth-order valence-corrected chi connectivity index (χ4v) is 5.47. The van der Waals surface area contributed by atoms with Crippen LogP contribution in [-0.4, -0.2) is 47.4 Å². The summed E-state index contributed by atoms with van der Waals surface area (Å²) in [5.74, 6) is -0.796. The first kappa shape index (κ1) is 20.6. The van der Waals surface area contributed by atoms with E-state index in [1.807, 2.05) is 17.0 Å². The first-order chi connectivity index (χ1) is 14.4. The van der Waals surface area contributed by atoms with Crippen molar-refractivity contribution < 1.29 is 14.7 Å². The molecule has 0 bridgehead atoms. The molecule has 0 aromatic heterocycles. The summed E-state index contributed by atoms with van der Waals surface area (Å²) in [5, 5.41) is 9.46. The van der Waals surface area contributed by atoms with Gasteiger partial charge in [-0.3, -0.25) is 9.69 Å². The molecule has 4 rings (SSSR count). The summed E-state index contributed by atoms with van der Waals surface area (Å²) < 4.78 is 0. The zero-order valence-electron chi connectivity index (χ0n) is 17.8. The molecule has 1 N–H and O–H groups in total. The van der Waals surface area contributed by atoms with Crippen LogP contribution in [0.2, 0.25) is 0 Å². The highest BCUT2D eigenvalue weighted by Gasteiger charge is 2.50. The van der Waals surface area contributed by atoms with E-state index in [1.165, 1.54) is 5.56 Å². The van der Waals surface area contributed by atoms with Crippen LogP contribution in [0.4, 0.5) is 0 Å². The average molecular weight is 407 g/mol. The second kappa shape index (κ2) is 7.88. The number of hydrogen-bond acceptors (Lipinski definition) is 3. The molecule has 1 aliphatic heterocycles. The molecule has 2 aromatic rings. The summed E-state index contributed by atoms with van der Waals surface area (Å²) >= 11 is 0. The van der Waals surface area contributed by atoms with E-state index in [1.54, 1.807) is 12.1 Å². The third-order valence-corrected chi connectivity index (χ3v) is 7.32. The number of carboxylic acid groups (broad SMARTS) is 1. The molecule has 1 aliphatic carbocycles. The van der Waals surface area contributed by atoms with Crippen molar-refractivity contribution in [2.75, 3.05) is 20.6 Å². The third kappa shape index (κ3) is 3.63. The Bertz CT molecular complexity index is 930. The fourth-order valence-electron chi connectivity index (χ4n) is 5.47. The molecule has 2 aliphatic rings. The summed E-state index contributed by atoms with van der Waals surface area (Å²) in [5.41, 5.74) is 2.35. The first-order valence-electron chi connectivity index (χ1n) is 10.7. The third-order valence-electron chi connectivity index (χ3n) is 7.32. The molecular formula is C25H30N2O3. The Morgan fingerprint density at radius 2 is 1.63 bits per heavy atom. The molecule has 5 heteroatoms. The number of nitrogens with zero attached hydrogens (tertiary/aromatic N) is 2. The Balaban J connectivity index is 1.50. The monoisotopic (exact) mass is 406 g/mol. The largest absolute Gasteiger partial charge is 0.478 e. The van der Waals surface area contributed by atoms with E-state index >= 15 is 0 Å². The molecule has 5 nitrogen and oxygen atoms in total. The van der Waals surface area contributed by atoms with Crippen molar-refractivity contribution >= 4 is 11.9 Å². The summed E-state index contributed by atoms with van der Waals surface area (Å²) in [6.07, 6.45) is 4.63. The second-order valence-electron chi connectivity index (χ2n) is 9.18. The number of amides is 1. The van der Waals surface area contributed by atoms with E-state index in [9.17, 15) is 14.7 Å². The number of hydrogen-bond donors (Lipinski definition) is 1. The van der Waals surface area contributed by atoms with Crippen molar-refractivity contribution in [3.05, 3.63) is 71.3 Å². The fraction of sp³-hybridized carbons (Fsp3) is 0.440. The molecule has 1 amide bonds. The van der Waals surface area contributed by atoms with Gasteiger partial charge in [-0.05, 0) is 62.4 Å². The van der Waals surface area contributed by atoms with Gasteiger partial charge in [0.15, 0.2) is 0 Å². The van der Waals surface area contributed by atoms with Gasteiger partial charge in [0.2, 0.25) is 5.91 Å². The minimum atomic E-state index is -0.941. The van der Waals surface area contributed by atoms with Crippen LogP contribution in [0.15, 0.2) is 54.6 Å². The molecule has 0 radical (unpaired) electrons. The van der Waals surface area contributed by atoms with Crippen LogP contribution in [0.25, 0.3) is 0 Å². The highest BCUT2D eigenvalue weighted by atomic mass is 16.4. The van der Waals surface area contributed by atoms with Crippen LogP contribution in [-0.2, 0) is 16.9 Å². The summed E-state index contributed by atoms with van der Waals surface area (Å²) in [7, 11) is 4.31. The zero-order valence-corrected chi connectivity index (χ0v) is 17.8. The van der Waals surface area contributed by atoms with E-state index in [-0.39, 0.29) is 22.4 Å². The topological polar surface area (TPSA) is 60.9 Å². The lowest BCUT2D eigenvalue weighted by atomic mass is 9.64. The molecular weight excluding hydrogens is 376 g/mol. The molecule has 0 unspecified atom stereocenters. The maximum Gasteiger partial charge on any atom is 0.336 e. The van der Waals surface area contributed by atoms with Crippen LogP contribution < -0.4 is 0 Å². The van der Waals surface area contributed by atoms with Crippen LogP contribution in [0, 0.1) is 5.41 Å². The van der Waals surface area contributed by atoms with Crippen molar-refractivity contribution in [2.24, 2.45) is 5.41 Å². The quantitative estimate of drug-likeness (QED) is 0.811. The molecule has 1 heterocycles. The number of benzene rings is 2. The number of rotatable bonds is 5. The van der Waals surface area contributed by atoms with Gasteiger partial charge >= 0.3 is 5.97 Å². The predicted molar refractivity (Wildman–Crippen MR) is 116 cm³/mol. The Morgan fingerprint density at radius 3 is 2.27 bits per heavy atom. The van der Waals surface area contributed by atoms with Crippen LogP contribution >= 0.6 is 0 Å². The molecule has 2 fully saturated rings. The lowest BCUT2D eigenvalue weighted by Crippen LogP contribution is -2.47. The molecule has 2 aromatic carbocycles. The Hall–Kier alpha value is -2.66. The number of carbonyl (C=O) groups is 2. The van der Waals surface area contributed by atoms with Gasteiger partial charge in [0, 0.05) is 25.0 Å². The van der Waals surface area contributed by atoms with Gasteiger partial charge in [0.1, 0.15) is 0 Å². The molecule has 0 atom stereocenters. The van der Waals surface area contributed by atoms with Gasteiger partial charge in [0.05, 0.1) is 5.56 Å². The van der Waals surface area contributed by atoms with E-state index in [0.717, 1.165) is 32.2 Å². The number of carboxylic acids is 1. The maximum atomic E-state index is 12.9. The lowest BCUT2D eigenvalue weighted by molar-refractivity contribution is -0.128. The smallest absolute Gasteiger partial charge is 0.336 e. The van der Waals surface area contributed by atoms with Gasteiger partial charge in [0.25, 0.3) is 0 Å². The molecule has 30 heavy (non-hydrogen) atoms. The van der Waals surface area contributed by atoms with Crippen molar-refractivity contribution in [2.45, 2.75) is 44.2 Å². The molecule has 1 spiro atoms. The minimum Gasteiger partial charge on any atom is -0.478 e. The minimum absolute atomic E-state index is 0.00351. The second-order valence-corrected chi connectivity index (χ2v) is 9.18. The predicted octanol–water partition coefficient (Wildman–Crippen LogP) is 4.13. The molecule has 1 saturated heterocycles. The number of carbonyl (C=O) groups excluding carboxylic acids is 1. The average Bonchev–Trinajstić information content (AvgIpc) is 3.04. The maximum absolute atomic E-state index is 12.9. The van der Waals surface area contributed by atoms with Crippen LogP contribution in [0.5, 0.6) is 0 Å². The summed E-state index contributed by atoms with van der Waals surface area (Å²) in [6, 6.07) is 17.7. The summed E-state index contributed by atoms with van der Waals surface area (Å²) in [6.45, 7) is 1.10. The van der Waals surface area contributed by atoms with Crippen molar-refractivity contribution in [1.82, 2.24) is 9.80 Å². The Morgan fingerprint density at radius 1 is 1.00 bits per heavy atom. The molecule has 158 valence electrons. The zero-order chi connectivity index (χ0) is 21.4. The van der Waals surface area contributed by atoms with E-state index in [2.05, 4.69) is 49.3 Å². The van der Waals surface area contributed by atoms with Gasteiger partial charge in [-0.2, -0.15) is 0 Å². The molecule has 1 saturated carbocycles. The highest BCUT2D eigenvalue weighted by molar-refractivity contribution is 5.89. The number of aromatic carboxylic acids is 1. The van der Waals surface area contributed by atoms with Gasteiger partial charge in [-0.25, -0.2) is 4.79 Å². The van der Waals surface area contributed by atoms with Gasteiger partial charge in [-0.1, -0.05) is 48.5 Å². The Labute approximate surface area is 178 Å².